The van der Waals surface area contributed by atoms with Gasteiger partial charge in [-0.3, -0.25) is 14.3 Å². The summed E-state index contributed by atoms with van der Waals surface area (Å²) in [6.07, 6.45) is -4.13. The number of hydrogen-bond donors (Lipinski definition) is 1. The van der Waals surface area contributed by atoms with Crippen LogP contribution in [0.1, 0.15) is 17.0 Å². The maximum Gasteiger partial charge on any atom is 0.573 e. The molecule has 0 aliphatic carbocycles. The quantitative estimate of drug-likeness (QED) is 0.457. The number of aromatic amines is 1. The standard InChI is InChI=1S/C22H18ClF3N4O3/c1-29-19-18(20(31)28-21(29)32)30(12-14-5-8-15(23)9-6-14)17(27-19)10-7-13-3-2-4-16(11-13)33-22(24,25)26/h2-6,8-9,11H,7,10,12H2,1H3,(H,28,31,32). The van der Waals surface area contributed by atoms with Crippen LogP contribution in [0.3, 0.4) is 0 Å². The smallest absolute Gasteiger partial charge is 0.406 e. The first-order valence-corrected chi connectivity index (χ1v) is 10.3. The molecule has 0 saturated carbocycles. The summed E-state index contributed by atoms with van der Waals surface area (Å²) in [5.74, 6) is 0.197. The van der Waals surface area contributed by atoms with E-state index in [1.807, 2.05) is 12.1 Å². The zero-order valence-electron chi connectivity index (χ0n) is 17.3. The van der Waals surface area contributed by atoms with E-state index in [2.05, 4.69) is 14.7 Å². The number of alkyl halides is 3. The fourth-order valence-corrected chi connectivity index (χ4v) is 3.69. The van der Waals surface area contributed by atoms with Gasteiger partial charge in [-0.05, 0) is 41.8 Å². The van der Waals surface area contributed by atoms with Gasteiger partial charge in [-0.2, -0.15) is 0 Å². The lowest BCUT2D eigenvalue weighted by molar-refractivity contribution is -0.274. The third-order valence-corrected chi connectivity index (χ3v) is 5.36. The zero-order valence-corrected chi connectivity index (χ0v) is 18.1. The molecule has 0 bridgehead atoms. The molecule has 0 amide bonds. The van der Waals surface area contributed by atoms with Gasteiger partial charge < -0.3 is 9.30 Å². The Morgan fingerprint density at radius 1 is 1.06 bits per heavy atom. The Morgan fingerprint density at radius 3 is 2.48 bits per heavy atom. The predicted octanol–water partition coefficient (Wildman–Crippen LogP) is 3.81. The third-order valence-electron chi connectivity index (χ3n) is 5.11. The van der Waals surface area contributed by atoms with Crippen LogP contribution in [0.2, 0.25) is 5.02 Å². The van der Waals surface area contributed by atoms with E-state index in [1.54, 1.807) is 22.8 Å². The van der Waals surface area contributed by atoms with Gasteiger partial charge in [0.05, 0.1) is 0 Å². The Bertz CT molecular complexity index is 1420. The van der Waals surface area contributed by atoms with Crippen molar-refractivity contribution in [1.29, 1.82) is 0 Å². The molecule has 2 heterocycles. The Balaban J connectivity index is 1.71. The van der Waals surface area contributed by atoms with Gasteiger partial charge in [-0.15, -0.1) is 13.2 Å². The number of rotatable bonds is 6. The van der Waals surface area contributed by atoms with Crippen LogP contribution in [0, 0.1) is 0 Å². The monoisotopic (exact) mass is 478 g/mol. The average molecular weight is 479 g/mol. The SMILES string of the molecule is Cn1c(=O)[nH]c(=O)c2c1nc(CCc1cccc(OC(F)(F)F)c1)n2Cc1ccc(Cl)cc1. The van der Waals surface area contributed by atoms with E-state index >= 15 is 0 Å². The molecule has 0 saturated heterocycles. The number of H-pyrrole nitrogens is 1. The van der Waals surface area contributed by atoms with Crippen LogP contribution in [0.25, 0.3) is 11.2 Å². The van der Waals surface area contributed by atoms with Gasteiger partial charge in [0.25, 0.3) is 5.56 Å². The summed E-state index contributed by atoms with van der Waals surface area (Å²) in [6, 6.07) is 12.8. The highest BCUT2D eigenvalue weighted by atomic mass is 35.5. The predicted molar refractivity (Wildman–Crippen MR) is 117 cm³/mol. The number of aryl methyl sites for hydroxylation is 3. The minimum absolute atomic E-state index is 0.224. The number of aromatic nitrogens is 4. The van der Waals surface area contributed by atoms with Gasteiger partial charge in [0, 0.05) is 25.0 Å². The number of nitrogens with zero attached hydrogens (tertiary/aromatic N) is 3. The van der Waals surface area contributed by atoms with Gasteiger partial charge in [-0.25, -0.2) is 9.78 Å². The van der Waals surface area contributed by atoms with E-state index in [0.717, 1.165) is 5.56 Å². The van der Waals surface area contributed by atoms with Crippen molar-refractivity contribution in [1.82, 2.24) is 19.1 Å². The summed E-state index contributed by atoms with van der Waals surface area (Å²) in [5, 5.41) is 0.565. The van der Waals surface area contributed by atoms with Gasteiger partial charge in [0.2, 0.25) is 0 Å². The van der Waals surface area contributed by atoms with Crippen molar-refractivity contribution < 1.29 is 17.9 Å². The fourth-order valence-electron chi connectivity index (χ4n) is 3.57. The van der Waals surface area contributed by atoms with E-state index < -0.39 is 17.6 Å². The molecule has 33 heavy (non-hydrogen) atoms. The van der Waals surface area contributed by atoms with Crippen molar-refractivity contribution in [3.63, 3.8) is 0 Å². The van der Waals surface area contributed by atoms with E-state index in [1.165, 1.54) is 29.8 Å². The molecular weight excluding hydrogens is 461 g/mol. The van der Waals surface area contributed by atoms with Crippen molar-refractivity contribution >= 4 is 22.8 Å². The number of benzene rings is 2. The Morgan fingerprint density at radius 2 is 1.79 bits per heavy atom. The van der Waals surface area contributed by atoms with Crippen molar-refractivity contribution in [3.05, 3.63) is 91.3 Å². The summed E-state index contributed by atoms with van der Waals surface area (Å²) in [5.41, 5.74) is 0.755. The van der Waals surface area contributed by atoms with E-state index in [0.29, 0.717) is 35.8 Å². The third kappa shape index (κ3) is 5.11. The number of halogens is 4. The molecule has 0 fully saturated rings. The Hall–Kier alpha value is -3.53. The number of fused-ring (bicyclic) bond motifs is 1. The molecule has 0 radical (unpaired) electrons. The molecule has 0 aliphatic rings. The van der Waals surface area contributed by atoms with Gasteiger partial charge in [-0.1, -0.05) is 35.9 Å². The topological polar surface area (TPSA) is 81.9 Å². The molecular formula is C22H18ClF3N4O3. The minimum Gasteiger partial charge on any atom is -0.406 e. The summed E-state index contributed by atoms with van der Waals surface area (Å²) in [4.78, 5) is 31.4. The van der Waals surface area contributed by atoms with Gasteiger partial charge in [0.1, 0.15) is 11.6 Å². The normalized spacial score (nSPS) is 11.8. The lowest BCUT2D eigenvalue weighted by Gasteiger charge is -2.11. The highest BCUT2D eigenvalue weighted by Gasteiger charge is 2.31. The van der Waals surface area contributed by atoms with Crippen molar-refractivity contribution in [2.75, 3.05) is 0 Å². The molecule has 1 N–H and O–H groups in total. The molecule has 172 valence electrons. The molecule has 0 aliphatic heterocycles. The number of ether oxygens (including phenoxy) is 1. The number of imidazole rings is 1. The summed E-state index contributed by atoms with van der Waals surface area (Å²) < 4.78 is 44.5. The first kappa shape index (κ1) is 22.7. The van der Waals surface area contributed by atoms with Crippen LogP contribution in [-0.4, -0.2) is 25.5 Å². The summed E-state index contributed by atoms with van der Waals surface area (Å²) >= 11 is 5.96. The van der Waals surface area contributed by atoms with E-state index in [-0.39, 0.29) is 16.9 Å². The van der Waals surface area contributed by atoms with Crippen LogP contribution < -0.4 is 16.0 Å². The maximum atomic E-state index is 12.6. The molecule has 11 heteroatoms. The van der Waals surface area contributed by atoms with Crippen molar-refractivity contribution in [2.45, 2.75) is 25.7 Å². The van der Waals surface area contributed by atoms with Crippen LogP contribution >= 0.6 is 11.6 Å². The van der Waals surface area contributed by atoms with Crippen LogP contribution in [0.4, 0.5) is 13.2 Å². The van der Waals surface area contributed by atoms with E-state index in [4.69, 9.17) is 11.6 Å². The number of nitrogens with one attached hydrogen (secondary N) is 1. The Labute approximate surface area is 190 Å². The van der Waals surface area contributed by atoms with Crippen molar-refractivity contribution in [2.24, 2.45) is 7.05 Å². The zero-order chi connectivity index (χ0) is 23.8. The minimum atomic E-state index is -4.78. The average Bonchev–Trinajstić information content (AvgIpc) is 3.10. The van der Waals surface area contributed by atoms with Crippen LogP contribution in [-0.2, 0) is 26.4 Å². The first-order chi connectivity index (χ1) is 15.6. The highest BCUT2D eigenvalue weighted by molar-refractivity contribution is 6.30. The van der Waals surface area contributed by atoms with Crippen LogP contribution in [0.5, 0.6) is 5.75 Å². The molecule has 2 aromatic heterocycles. The second kappa shape index (κ2) is 8.78. The number of hydrogen-bond acceptors (Lipinski definition) is 4. The van der Waals surface area contributed by atoms with E-state index in [9.17, 15) is 22.8 Å². The fraction of sp³-hybridized carbons (Fsp3) is 0.227. The molecule has 0 spiro atoms. The molecule has 0 atom stereocenters. The van der Waals surface area contributed by atoms with Crippen molar-refractivity contribution in [3.8, 4) is 5.75 Å². The van der Waals surface area contributed by atoms with Gasteiger partial charge >= 0.3 is 12.1 Å². The second-order valence-electron chi connectivity index (χ2n) is 7.43. The lowest BCUT2D eigenvalue weighted by atomic mass is 10.1. The maximum absolute atomic E-state index is 12.6. The second-order valence-corrected chi connectivity index (χ2v) is 7.86. The molecule has 2 aromatic carbocycles. The summed E-state index contributed by atoms with van der Waals surface area (Å²) in [7, 11) is 1.50. The molecule has 7 nitrogen and oxygen atoms in total. The molecule has 0 unspecified atom stereocenters. The Kier molecular flexibility index (Phi) is 6.03. The molecule has 4 rings (SSSR count). The first-order valence-electron chi connectivity index (χ1n) is 9.88. The largest absolute Gasteiger partial charge is 0.573 e. The lowest BCUT2D eigenvalue weighted by Crippen LogP contribution is -2.29. The highest BCUT2D eigenvalue weighted by Crippen LogP contribution is 2.24. The van der Waals surface area contributed by atoms with Gasteiger partial charge in [0.15, 0.2) is 11.2 Å². The molecule has 4 aromatic rings. The summed E-state index contributed by atoms with van der Waals surface area (Å²) in [6.45, 7) is 0.293. The van der Waals surface area contributed by atoms with Crippen LogP contribution in [0.15, 0.2) is 58.1 Å².